The summed E-state index contributed by atoms with van der Waals surface area (Å²) in [5, 5.41) is 0.969. The number of nitrogens with zero attached hydrogens (tertiary/aromatic N) is 2. The van der Waals surface area contributed by atoms with Crippen LogP contribution in [0.4, 0.5) is 0 Å². The summed E-state index contributed by atoms with van der Waals surface area (Å²) in [5.74, 6) is 1.59. The zero-order valence-electron chi connectivity index (χ0n) is 13.8. The van der Waals surface area contributed by atoms with Crippen LogP contribution in [0.3, 0.4) is 0 Å². The Kier molecular flexibility index (Phi) is 3.90. The van der Waals surface area contributed by atoms with Crippen LogP contribution in [0.25, 0.3) is 22.2 Å². The van der Waals surface area contributed by atoms with E-state index in [1.54, 1.807) is 13.4 Å². The van der Waals surface area contributed by atoms with Crippen LogP contribution in [0.2, 0.25) is 0 Å². The van der Waals surface area contributed by atoms with Gasteiger partial charge in [0.2, 0.25) is 0 Å². The molecule has 0 N–H and O–H groups in total. The largest absolute Gasteiger partial charge is 0.494 e. The van der Waals surface area contributed by atoms with Crippen molar-refractivity contribution in [2.75, 3.05) is 7.11 Å². The summed E-state index contributed by atoms with van der Waals surface area (Å²) < 4.78 is 11.2. The molecule has 4 nitrogen and oxygen atoms in total. The Bertz CT molecular complexity index is 821. The van der Waals surface area contributed by atoms with E-state index in [9.17, 15) is 0 Å². The maximum atomic E-state index is 5.86. The van der Waals surface area contributed by atoms with Gasteiger partial charge in [-0.05, 0) is 51.1 Å². The molecule has 0 saturated heterocycles. The monoisotopic (exact) mass is 308 g/mol. The molecule has 0 bridgehead atoms. The highest BCUT2D eigenvalue weighted by Crippen LogP contribution is 2.31. The Morgan fingerprint density at radius 3 is 2.30 bits per heavy atom. The fourth-order valence-electron chi connectivity index (χ4n) is 2.49. The van der Waals surface area contributed by atoms with E-state index in [-0.39, 0.29) is 5.60 Å². The number of rotatable bonds is 3. The molecule has 0 aliphatic carbocycles. The predicted molar refractivity (Wildman–Crippen MR) is 91.9 cm³/mol. The van der Waals surface area contributed by atoms with E-state index in [0.717, 1.165) is 33.7 Å². The number of para-hydroxylation sites is 1. The highest BCUT2D eigenvalue weighted by Gasteiger charge is 2.13. The second-order valence-corrected chi connectivity index (χ2v) is 6.32. The second-order valence-electron chi connectivity index (χ2n) is 6.32. The lowest BCUT2D eigenvalue weighted by atomic mass is 10.1. The van der Waals surface area contributed by atoms with Crippen LogP contribution in [-0.2, 0) is 0 Å². The number of hydrogen-bond donors (Lipinski definition) is 0. The molecule has 0 saturated carbocycles. The minimum Gasteiger partial charge on any atom is -0.494 e. The molecule has 0 aliphatic heterocycles. The smallest absolute Gasteiger partial charge is 0.145 e. The highest BCUT2D eigenvalue weighted by atomic mass is 16.5. The third-order valence-electron chi connectivity index (χ3n) is 3.40. The summed E-state index contributed by atoms with van der Waals surface area (Å²) in [6, 6.07) is 13.8. The molecule has 0 radical (unpaired) electrons. The maximum Gasteiger partial charge on any atom is 0.145 e. The topological polar surface area (TPSA) is 44.2 Å². The van der Waals surface area contributed by atoms with Crippen molar-refractivity contribution in [3.05, 3.63) is 48.8 Å². The second kappa shape index (κ2) is 5.88. The Hall–Kier alpha value is -2.62. The fraction of sp³-hybridized carbons (Fsp3) is 0.263. The van der Waals surface area contributed by atoms with Gasteiger partial charge in [0.1, 0.15) is 28.9 Å². The van der Waals surface area contributed by atoms with Gasteiger partial charge in [-0.15, -0.1) is 0 Å². The molecule has 0 spiro atoms. The van der Waals surface area contributed by atoms with Crippen LogP contribution in [0, 0.1) is 0 Å². The predicted octanol–water partition coefficient (Wildman–Crippen LogP) is 4.48. The minimum atomic E-state index is -0.212. The van der Waals surface area contributed by atoms with Gasteiger partial charge in [-0.3, -0.25) is 0 Å². The van der Waals surface area contributed by atoms with Crippen molar-refractivity contribution in [1.82, 2.24) is 9.97 Å². The number of aromatic nitrogens is 2. The molecule has 1 heterocycles. The van der Waals surface area contributed by atoms with Gasteiger partial charge < -0.3 is 9.47 Å². The molecule has 0 unspecified atom stereocenters. The van der Waals surface area contributed by atoms with Crippen LogP contribution in [-0.4, -0.2) is 22.7 Å². The van der Waals surface area contributed by atoms with Gasteiger partial charge >= 0.3 is 0 Å². The molecule has 0 amide bonds. The quantitative estimate of drug-likeness (QED) is 0.715. The van der Waals surface area contributed by atoms with E-state index in [4.69, 9.17) is 9.47 Å². The van der Waals surface area contributed by atoms with Crippen molar-refractivity contribution >= 4 is 10.9 Å². The van der Waals surface area contributed by atoms with Gasteiger partial charge in [-0.25, -0.2) is 9.97 Å². The molecule has 4 heteroatoms. The van der Waals surface area contributed by atoms with E-state index in [2.05, 4.69) is 9.97 Å². The van der Waals surface area contributed by atoms with Crippen molar-refractivity contribution in [2.24, 2.45) is 0 Å². The SMILES string of the molecule is COc1cccc2c(-c3ccc(OC(C)(C)C)cc3)ncnc12. The molecule has 3 rings (SSSR count). The van der Waals surface area contributed by atoms with Crippen molar-refractivity contribution in [3.63, 3.8) is 0 Å². The molecule has 1 aromatic heterocycles. The summed E-state index contributed by atoms with van der Waals surface area (Å²) in [7, 11) is 1.65. The van der Waals surface area contributed by atoms with Gasteiger partial charge in [0.25, 0.3) is 0 Å². The van der Waals surface area contributed by atoms with E-state index < -0.39 is 0 Å². The number of hydrogen-bond acceptors (Lipinski definition) is 4. The number of fused-ring (bicyclic) bond motifs is 1. The van der Waals surface area contributed by atoms with Gasteiger partial charge in [0.05, 0.1) is 12.8 Å². The molecular formula is C19H20N2O2. The van der Waals surface area contributed by atoms with Gasteiger partial charge in [-0.1, -0.05) is 12.1 Å². The Balaban J connectivity index is 2.04. The lowest BCUT2D eigenvalue weighted by molar-refractivity contribution is 0.131. The first-order chi connectivity index (χ1) is 11.0. The van der Waals surface area contributed by atoms with Gasteiger partial charge in [0.15, 0.2) is 0 Å². The van der Waals surface area contributed by atoms with E-state index in [1.165, 1.54) is 0 Å². The van der Waals surface area contributed by atoms with Crippen molar-refractivity contribution in [1.29, 1.82) is 0 Å². The minimum absolute atomic E-state index is 0.212. The van der Waals surface area contributed by atoms with Gasteiger partial charge in [-0.2, -0.15) is 0 Å². The molecule has 118 valence electrons. The van der Waals surface area contributed by atoms with Crippen LogP contribution in [0.5, 0.6) is 11.5 Å². The van der Waals surface area contributed by atoms with E-state index in [1.807, 2.05) is 63.2 Å². The number of benzene rings is 2. The molecular weight excluding hydrogens is 288 g/mol. The zero-order valence-corrected chi connectivity index (χ0v) is 13.8. The average molecular weight is 308 g/mol. The lowest BCUT2D eigenvalue weighted by Crippen LogP contribution is -2.22. The third kappa shape index (κ3) is 3.26. The molecule has 0 aliphatic rings. The van der Waals surface area contributed by atoms with E-state index >= 15 is 0 Å². The first kappa shape index (κ1) is 15.3. The van der Waals surface area contributed by atoms with Crippen molar-refractivity contribution < 1.29 is 9.47 Å². The highest BCUT2D eigenvalue weighted by molar-refractivity contribution is 5.95. The third-order valence-corrected chi connectivity index (χ3v) is 3.40. The summed E-state index contributed by atoms with van der Waals surface area (Å²) in [4.78, 5) is 8.79. The zero-order chi connectivity index (χ0) is 16.4. The van der Waals surface area contributed by atoms with Crippen LogP contribution >= 0.6 is 0 Å². The molecule has 23 heavy (non-hydrogen) atoms. The number of ether oxygens (including phenoxy) is 2. The normalized spacial score (nSPS) is 11.5. The van der Waals surface area contributed by atoms with Crippen molar-refractivity contribution in [2.45, 2.75) is 26.4 Å². The van der Waals surface area contributed by atoms with Crippen molar-refractivity contribution in [3.8, 4) is 22.8 Å². The van der Waals surface area contributed by atoms with Crippen LogP contribution in [0.1, 0.15) is 20.8 Å². The standard InChI is InChI=1S/C19H20N2O2/c1-19(2,3)23-14-10-8-13(9-11-14)17-15-6-5-7-16(22-4)18(15)21-12-20-17/h5-12H,1-4H3. The summed E-state index contributed by atoms with van der Waals surface area (Å²) in [5.41, 5.74) is 2.51. The first-order valence-electron chi connectivity index (χ1n) is 7.55. The van der Waals surface area contributed by atoms with Gasteiger partial charge in [0, 0.05) is 10.9 Å². The van der Waals surface area contributed by atoms with Crippen LogP contribution < -0.4 is 9.47 Å². The first-order valence-corrected chi connectivity index (χ1v) is 7.55. The lowest BCUT2D eigenvalue weighted by Gasteiger charge is -2.21. The maximum absolute atomic E-state index is 5.86. The molecule has 0 fully saturated rings. The van der Waals surface area contributed by atoms with E-state index in [0.29, 0.717) is 0 Å². The van der Waals surface area contributed by atoms with Crippen LogP contribution in [0.15, 0.2) is 48.8 Å². The summed E-state index contributed by atoms with van der Waals surface area (Å²) in [6.45, 7) is 6.10. The fourth-order valence-corrected chi connectivity index (χ4v) is 2.49. The Morgan fingerprint density at radius 1 is 0.913 bits per heavy atom. The Labute approximate surface area is 136 Å². The number of methoxy groups -OCH3 is 1. The summed E-state index contributed by atoms with van der Waals surface area (Å²) >= 11 is 0. The molecule has 0 atom stereocenters. The molecule has 3 aromatic rings. The average Bonchev–Trinajstić information content (AvgIpc) is 2.53. The summed E-state index contributed by atoms with van der Waals surface area (Å²) in [6.07, 6.45) is 1.57. The molecule has 2 aromatic carbocycles. The Morgan fingerprint density at radius 2 is 1.65 bits per heavy atom.